The molecule has 0 aliphatic heterocycles. The van der Waals surface area contributed by atoms with E-state index in [0.717, 1.165) is 29.6 Å². The summed E-state index contributed by atoms with van der Waals surface area (Å²) in [4.78, 5) is 0. The van der Waals surface area contributed by atoms with E-state index in [2.05, 4.69) is 199 Å². The van der Waals surface area contributed by atoms with Crippen molar-refractivity contribution in [2.24, 2.45) is 5.92 Å². The van der Waals surface area contributed by atoms with Crippen LogP contribution >= 0.6 is 0 Å². The molecule has 0 nitrogen and oxygen atoms in total. The van der Waals surface area contributed by atoms with E-state index in [-0.39, 0.29) is 0 Å². The van der Waals surface area contributed by atoms with E-state index < -0.39 is 5.41 Å². The van der Waals surface area contributed by atoms with Gasteiger partial charge in [0.1, 0.15) is 0 Å². The fourth-order valence-electron chi connectivity index (χ4n) is 7.69. The fraction of sp³-hybridized carbons (Fsp3) is 0.127. The molecular weight excluding hydrogens is 661 g/mol. The zero-order valence-corrected chi connectivity index (χ0v) is 32.6. The summed E-state index contributed by atoms with van der Waals surface area (Å²) in [5.74, 6) is 0.539. The molecule has 55 heavy (non-hydrogen) atoms. The van der Waals surface area contributed by atoms with Crippen LogP contribution in [0.5, 0.6) is 0 Å². The SMILES string of the molecule is C=C(c1ccccc1)C(C)C.C=CCC(=C)c1ccc(-c2cccc3c2-c2ccccc2C32C(=C)/C=C\C=C/c3ccccc32)cc1.CCc1ccccc1. The van der Waals surface area contributed by atoms with Gasteiger partial charge >= 0.3 is 0 Å². The van der Waals surface area contributed by atoms with Crippen molar-refractivity contribution in [2.75, 3.05) is 0 Å². The van der Waals surface area contributed by atoms with E-state index in [1.807, 2.05) is 30.3 Å². The fourth-order valence-corrected chi connectivity index (χ4v) is 7.69. The summed E-state index contributed by atoms with van der Waals surface area (Å²) in [7, 11) is 0. The molecule has 0 aromatic heterocycles. The molecule has 1 atom stereocenters. The van der Waals surface area contributed by atoms with Crippen LogP contribution in [0, 0.1) is 5.92 Å². The molecule has 2 aliphatic carbocycles. The van der Waals surface area contributed by atoms with Crippen molar-refractivity contribution in [2.45, 2.75) is 39.0 Å². The Balaban J connectivity index is 0.000000221. The lowest BCUT2D eigenvalue weighted by molar-refractivity contribution is 0.767. The summed E-state index contributed by atoms with van der Waals surface area (Å²) in [6.45, 7) is 23.2. The average Bonchev–Trinajstić information content (AvgIpc) is 3.54. The lowest BCUT2D eigenvalue weighted by Gasteiger charge is -2.36. The molecule has 8 rings (SSSR count). The molecule has 2 aliphatic rings. The summed E-state index contributed by atoms with van der Waals surface area (Å²) in [5, 5.41) is 0. The molecule has 6 aromatic carbocycles. The van der Waals surface area contributed by atoms with Crippen molar-refractivity contribution in [3.8, 4) is 22.3 Å². The number of hydrogen-bond acceptors (Lipinski definition) is 0. The number of rotatable bonds is 7. The van der Waals surface area contributed by atoms with Crippen LogP contribution in [0.2, 0.25) is 0 Å². The Morgan fingerprint density at radius 1 is 0.600 bits per heavy atom. The van der Waals surface area contributed by atoms with Gasteiger partial charge in [-0.05, 0) is 96.7 Å². The highest BCUT2D eigenvalue weighted by Gasteiger charge is 2.47. The molecule has 1 spiro atoms. The van der Waals surface area contributed by atoms with Crippen molar-refractivity contribution < 1.29 is 0 Å². The lowest BCUT2D eigenvalue weighted by atomic mass is 9.65. The molecule has 0 radical (unpaired) electrons. The first-order chi connectivity index (χ1) is 26.8. The van der Waals surface area contributed by atoms with Gasteiger partial charge in [0.05, 0.1) is 5.41 Å². The van der Waals surface area contributed by atoms with Gasteiger partial charge < -0.3 is 0 Å². The number of allylic oxidation sites excluding steroid dienone is 7. The Morgan fingerprint density at radius 3 is 1.84 bits per heavy atom. The second-order valence-corrected chi connectivity index (χ2v) is 14.4. The van der Waals surface area contributed by atoms with Crippen LogP contribution in [0.25, 0.3) is 39.5 Å². The highest BCUT2D eigenvalue weighted by molar-refractivity contribution is 5.96. The first kappa shape index (κ1) is 38.5. The standard InChI is InChI=1S/C36H28.C11H14.C8H10/c1-4-12-25(2)27-21-23-28(24-22-27)30-17-11-20-34-35(30)31-16-8-10-19-33(31)36(34)26(3)13-5-6-14-29-15-7-9-18-32(29)36;1-9(2)10(3)11-7-5-4-6-8-11;1-2-8-6-4-3-5-7-8/h4-11,13-24H,1-3,12H2;4-9H,3H2,1-2H3;3-7H,2H2,1H3/b13-5-,14-6-;;. The van der Waals surface area contributed by atoms with E-state index >= 15 is 0 Å². The van der Waals surface area contributed by atoms with E-state index in [1.54, 1.807) is 0 Å². The predicted molar refractivity (Wildman–Crippen MR) is 241 cm³/mol. The molecule has 0 saturated heterocycles. The van der Waals surface area contributed by atoms with Crippen molar-refractivity contribution in [1.29, 1.82) is 0 Å². The van der Waals surface area contributed by atoms with Gasteiger partial charge in [-0.25, -0.2) is 0 Å². The summed E-state index contributed by atoms with van der Waals surface area (Å²) < 4.78 is 0. The highest BCUT2D eigenvalue weighted by Crippen LogP contribution is 2.59. The molecule has 0 N–H and O–H groups in total. The van der Waals surface area contributed by atoms with Gasteiger partial charge in [-0.1, -0.05) is 223 Å². The monoisotopic (exact) mass is 712 g/mol. The first-order valence-corrected chi connectivity index (χ1v) is 19.4. The van der Waals surface area contributed by atoms with Crippen LogP contribution in [0.3, 0.4) is 0 Å². The molecule has 6 aromatic rings. The zero-order chi connectivity index (χ0) is 38.8. The molecule has 0 bridgehead atoms. The Hall–Kier alpha value is -6.24. The Bertz CT molecular complexity index is 2350. The van der Waals surface area contributed by atoms with Crippen molar-refractivity contribution in [3.05, 3.63) is 247 Å². The zero-order valence-electron chi connectivity index (χ0n) is 32.6. The molecule has 0 saturated carbocycles. The molecule has 0 amide bonds. The average molecular weight is 713 g/mol. The lowest BCUT2D eigenvalue weighted by Crippen LogP contribution is -2.29. The largest absolute Gasteiger partial charge is 0.103 e. The molecular formula is C55H52. The summed E-state index contributed by atoms with van der Waals surface area (Å²) >= 11 is 0. The van der Waals surface area contributed by atoms with Gasteiger partial charge in [0.25, 0.3) is 0 Å². The van der Waals surface area contributed by atoms with E-state index in [4.69, 9.17) is 0 Å². The molecule has 0 heterocycles. The minimum Gasteiger partial charge on any atom is -0.103 e. The first-order valence-electron chi connectivity index (χ1n) is 19.4. The van der Waals surface area contributed by atoms with E-state index in [0.29, 0.717) is 5.92 Å². The summed E-state index contributed by atoms with van der Waals surface area (Å²) in [5.41, 5.74) is 16.8. The van der Waals surface area contributed by atoms with Crippen LogP contribution in [0.1, 0.15) is 66.1 Å². The normalized spacial score (nSPS) is 15.7. The Labute approximate surface area is 330 Å². The minimum absolute atomic E-state index is 0.446. The third-order valence-electron chi connectivity index (χ3n) is 10.7. The van der Waals surface area contributed by atoms with Crippen LogP contribution in [-0.4, -0.2) is 0 Å². The maximum absolute atomic E-state index is 4.66. The molecule has 0 heteroatoms. The number of hydrogen-bond donors (Lipinski definition) is 0. The Morgan fingerprint density at radius 2 is 1.18 bits per heavy atom. The number of fused-ring (bicyclic) bond motifs is 7. The summed E-state index contributed by atoms with van der Waals surface area (Å²) in [6.07, 6.45) is 12.4. The second kappa shape index (κ2) is 17.7. The number of benzene rings is 6. The highest BCUT2D eigenvalue weighted by atomic mass is 14.5. The van der Waals surface area contributed by atoms with Crippen molar-refractivity contribution in [1.82, 2.24) is 0 Å². The van der Waals surface area contributed by atoms with Gasteiger partial charge in [0.2, 0.25) is 0 Å². The maximum atomic E-state index is 4.66. The van der Waals surface area contributed by atoms with E-state index in [1.165, 1.54) is 61.2 Å². The van der Waals surface area contributed by atoms with Crippen molar-refractivity contribution >= 4 is 17.2 Å². The topological polar surface area (TPSA) is 0 Å². The van der Waals surface area contributed by atoms with Crippen molar-refractivity contribution in [3.63, 3.8) is 0 Å². The van der Waals surface area contributed by atoms with Gasteiger partial charge in [-0.15, -0.1) is 6.58 Å². The quantitative estimate of drug-likeness (QED) is 0.145. The minimum atomic E-state index is -0.446. The van der Waals surface area contributed by atoms with Crippen LogP contribution < -0.4 is 0 Å². The van der Waals surface area contributed by atoms with E-state index in [9.17, 15) is 0 Å². The third kappa shape index (κ3) is 8.01. The molecule has 0 fully saturated rings. The summed E-state index contributed by atoms with van der Waals surface area (Å²) in [6, 6.07) is 53.9. The van der Waals surface area contributed by atoms with Gasteiger partial charge in [-0.2, -0.15) is 0 Å². The van der Waals surface area contributed by atoms with Gasteiger partial charge in [0, 0.05) is 0 Å². The second-order valence-electron chi connectivity index (χ2n) is 14.4. The smallest absolute Gasteiger partial charge is 0.0713 e. The number of aryl methyl sites for hydroxylation is 1. The van der Waals surface area contributed by atoms with Crippen LogP contribution in [0.15, 0.2) is 208 Å². The maximum Gasteiger partial charge on any atom is 0.0713 e. The van der Waals surface area contributed by atoms with Gasteiger partial charge in [0.15, 0.2) is 0 Å². The van der Waals surface area contributed by atoms with Crippen LogP contribution in [0.4, 0.5) is 0 Å². The molecule has 272 valence electrons. The van der Waals surface area contributed by atoms with Gasteiger partial charge in [-0.3, -0.25) is 0 Å². The third-order valence-corrected chi connectivity index (χ3v) is 10.7. The predicted octanol–water partition coefficient (Wildman–Crippen LogP) is 15.0. The Kier molecular flexibility index (Phi) is 12.4. The molecule has 1 unspecified atom stereocenters. The van der Waals surface area contributed by atoms with Crippen LogP contribution in [-0.2, 0) is 11.8 Å².